The fourth-order valence-corrected chi connectivity index (χ4v) is 18.1. The van der Waals surface area contributed by atoms with Crippen molar-refractivity contribution in [3.63, 3.8) is 0 Å². The largest absolute Gasteiger partial charge is 0.309 e. The van der Waals surface area contributed by atoms with E-state index in [1.165, 1.54) is 81.8 Å². The van der Waals surface area contributed by atoms with E-state index < -0.39 is 0 Å². The van der Waals surface area contributed by atoms with Crippen LogP contribution >= 0.6 is 0 Å². The first-order valence-electron chi connectivity index (χ1n) is 40.7. The lowest BCUT2D eigenvalue weighted by atomic mass is 10.0. The Morgan fingerprint density at radius 1 is 0.150 bits per heavy atom. The van der Waals surface area contributed by atoms with E-state index in [1.54, 1.807) is 0 Å². The van der Waals surface area contributed by atoms with Gasteiger partial charge < -0.3 is 18.3 Å². The van der Waals surface area contributed by atoms with E-state index in [1.807, 2.05) is 30.3 Å². The number of aromatic nitrogens is 9. The molecule has 0 saturated carbocycles. The van der Waals surface area contributed by atoms with Crippen molar-refractivity contribution < 1.29 is 0 Å². The summed E-state index contributed by atoms with van der Waals surface area (Å²) >= 11 is 0. The van der Waals surface area contributed by atoms with E-state index in [9.17, 15) is 0 Å². The van der Waals surface area contributed by atoms with E-state index in [2.05, 4.69) is 419 Å². The van der Waals surface area contributed by atoms with Gasteiger partial charge in [0.1, 0.15) is 0 Å². The molecule has 0 amide bonds. The van der Waals surface area contributed by atoms with Crippen LogP contribution in [-0.2, 0) is 0 Å². The molecular weight excluding hydrogens is 1460 g/mol. The predicted octanol–water partition coefficient (Wildman–Crippen LogP) is 28.4. The Kier molecular flexibility index (Phi) is 16.7. The summed E-state index contributed by atoms with van der Waals surface area (Å²) in [5, 5.41) is 14.4. The summed E-state index contributed by atoms with van der Waals surface area (Å²) < 4.78 is 9.71. The zero-order chi connectivity index (χ0) is 79.1. The van der Waals surface area contributed by atoms with Crippen LogP contribution in [0, 0.1) is 0 Å². The molecule has 0 aliphatic heterocycles. The van der Waals surface area contributed by atoms with Crippen LogP contribution in [0.5, 0.6) is 0 Å². The number of nitrogens with zero attached hydrogens (tertiary/aromatic N) is 9. The molecule has 0 spiro atoms. The third-order valence-electron chi connectivity index (χ3n) is 23.6. The van der Waals surface area contributed by atoms with E-state index in [-0.39, 0.29) is 0 Å². The van der Waals surface area contributed by atoms with Crippen LogP contribution in [0.1, 0.15) is 0 Å². The third kappa shape index (κ3) is 12.0. The standard InChI is InChI=1S/C56H36N4.C55H35N5/c1-4-15-37(16-5-1)40-19-14-20-41(33-40)50-36-49(39-17-6-2-7-18-39)57-56(58-50)42-28-27-38-29-30-45(35-43(38)34-42)59-52-26-13-11-24-48(52)54-53(59)32-31-47-46-23-10-12-25-51(46)60(55(47)54)44-21-8-3-9-22-44;1-4-15-36(16-5-1)39-19-14-20-40(33-39)54-56-53(38-17-6-2-7-18-38)57-55(58-54)41-28-27-37-29-30-44(35-42(37)34-41)59-49-26-13-11-24-47(49)51-50(59)32-31-46-45-23-10-12-25-48(45)60(52(46)51)43-21-8-3-9-22-43/h1-36H;1-35H. The minimum absolute atomic E-state index is 0.629. The number of benzene rings is 18. The Bertz CT molecular complexity index is 7650. The summed E-state index contributed by atoms with van der Waals surface area (Å²) in [5.41, 5.74) is 26.2. The van der Waals surface area contributed by atoms with Crippen LogP contribution in [-0.4, -0.2) is 43.2 Å². The molecule has 0 saturated heterocycles. The van der Waals surface area contributed by atoms with Gasteiger partial charge in [-0.25, -0.2) is 24.9 Å². The molecule has 24 rings (SSSR count). The molecule has 560 valence electrons. The second-order valence-electron chi connectivity index (χ2n) is 30.7. The highest BCUT2D eigenvalue weighted by Crippen LogP contribution is 2.46. The molecule has 0 atom stereocenters. The monoisotopic (exact) mass is 1530 g/mol. The van der Waals surface area contributed by atoms with Crippen molar-refractivity contribution in [3.8, 4) is 113 Å². The van der Waals surface area contributed by atoms with Crippen LogP contribution < -0.4 is 0 Å². The van der Waals surface area contributed by atoms with E-state index in [4.69, 9.17) is 24.9 Å². The van der Waals surface area contributed by atoms with Crippen LogP contribution in [0.4, 0.5) is 0 Å². The molecule has 9 heteroatoms. The normalized spacial score (nSPS) is 11.7. The van der Waals surface area contributed by atoms with Gasteiger partial charge in [-0.15, -0.1) is 0 Å². The molecule has 120 heavy (non-hydrogen) atoms. The Morgan fingerprint density at radius 3 is 0.933 bits per heavy atom. The molecule has 0 aliphatic carbocycles. The van der Waals surface area contributed by atoms with Crippen LogP contribution in [0.3, 0.4) is 0 Å². The zero-order valence-corrected chi connectivity index (χ0v) is 65.0. The van der Waals surface area contributed by atoms with Gasteiger partial charge in [0.05, 0.1) is 55.5 Å². The topological polar surface area (TPSA) is 84.2 Å². The molecule has 0 aliphatic rings. The lowest BCUT2D eigenvalue weighted by molar-refractivity contribution is 1.07. The average Bonchev–Trinajstić information content (AvgIpc) is 1.55. The number of fused-ring (bicyclic) bond motifs is 16. The molecular formula is C111H71N9. The average molecular weight is 1530 g/mol. The molecule has 0 radical (unpaired) electrons. The van der Waals surface area contributed by atoms with E-state index in [0.717, 1.165) is 117 Å². The van der Waals surface area contributed by atoms with Gasteiger partial charge in [-0.2, -0.15) is 0 Å². The second-order valence-corrected chi connectivity index (χ2v) is 30.7. The van der Waals surface area contributed by atoms with Crippen molar-refractivity contribution in [1.82, 2.24) is 43.2 Å². The molecule has 0 N–H and O–H groups in total. The van der Waals surface area contributed by atoms with Crippen molar-refractivity contribution >= 4 is 109 Å². The number of para-hydroxylation sites is 6. The van der Waals surface area contributed by atoms with E-state index in [0.29, 0.717) is 23.3 Å². The van der Waals surface area contributed by atoms with Gasteiger partial charge in [0, 0.05) is 99.2 Å². The van der Waals surface area contributed by atoms with Gasteiger partial charge in [0.25, 0.3) is 0 Å². The van der Waals surface area contributed by atoms with Crippen molar-refractivity contribution in [2.45, 2.75) is 0 Å². The lowest BCUT2D eigenvalue weighted by Crippen LogP contribution is -2.00. The molecule has 6 aromatic heterocycles. The SMILES string of the molecule is c1ccc(-c2cccc(-c3cc(-c4ccccc4)nc(-c4ccc5ccc(-n6c7ccccc7c7c6ccc6c8ccccc8n(-c8ccccc8)c67)cc5c4)n3)c2)cc1.c1ccc(-c2cccc(-c3nc(-c4ccccc4)nc(-c4ccc5ccc(-n6c7ccccc7c7c6ccc6c8ccccc8n(-c8ccccc8)c67)cc5c4)n3)c2)cc1. The lowest BCUT2D eigenvalue weighted by Gasteiger charge is -2.12. The van der Waals surface area contributed by atoms with Gasteiger partial charge in [-0.3, -0.25) is 0 Å². The smallest absolute Gasteiger partial charge is 0.164 e. The molecule has 9 nitrogen and oxygen atoms in total. The molecule has 18 aromatic carbocycles. The Hall–Kier alpha value is -16.2. The Labute approximate surface area is 691 Å². The fraction of sp³-hybridized carbons (Fsp3) is 0. The number of rotatable bonds is 12. The quantitative estimate of drug-likeness (QED) is 0.122. The predicted molar refractivity (Wildman–Crippen MR) is 498 cm³/mol. The van der Waals surface area contributed by atoms with Crippen molar-refractivity contribution in [3.05, 3.63) is 431 Å². The highest BCUT2D eigenvalue weighted by atomic mass is 15.0. The van der Waals surface area contributed by atoms with Crippen molar-refractivity contribution in [2.75, 3.05) is 0 Å². The third-order valence-corrected chi connectivity index (χ3v) is 23.6. The van der Waals surface area contributed by atoms with E-state index >= 15 is 0 Å². The first kappa shape index (κ1) is 69.3. The van der Waals surface area contributed by atoms with Crippen LogP contribution in [0.25, 0.3) is 222 Å². The maximum atomic E-state index is 5.26. The minimum atomic E-state index is 0.629. The first-order valence-corrected chi connectivity index (χ1v) is 40.7. The highest BCUT2D eigenvalue weighted by Gasteiger charge is 2.25. The number of hydrogen-bond donors (Lipinski definition) is 0. The Morgan fingerprint density at radius 2 is 0.475 bits per heavy atom. The van der Waals surface area contributed by atoms with Gasteiger partial charge >= 0.3 is 0 Å². The van der Waals surface area contributed by atoms with Crippen LogP contribution in [0.2, 0.25) is 0 Å². The summed E-state index contributed by atoms with van der Waals surface area (Å²) in [5.74, 6) is 2.59. The minimum Gasteiger partial charge on any atom is -0.309 e. The first-order chi connectivity index (χ1) is 59.5. The van der Waals surface area contributed by atoms with Gasteiger partial charge in [-0.05, 0) is 159 Å². The molecule has 0 bridgehead atoms. The van der Waals surface area contributed by atoms with Gasteiger partial charge in [-0.1, -0.05) is 315 Å². The second kappa shape index (κ2) is 28.9. The molecule has 24 aromatic rings. The highest BCUT2D eigenvalue weighted by molar-refractivity contribution is 6.28. The molecule has 6 heterocycles. The van der Waals surface area contributed by atoms with Crippen LogP contribution in [0.15, 0.2) is 431 Å². The maximum Gasteiger partial charge on any atom is 0.164 e. The summed E-state index contributed by atoms with van der Waals surface area (Å²) in [4.78, 5) is 25.7. The maximum absolute atomic E-state index is 5.26. The van der Waals surface area contributed by atoms with Gasteiger partial charge in [0.15, 0.2) is 23.3 Å². The summed E-state index contributed by atoms with van der Waals surface area (Å²) in [6.07, 6.45) is 0. The summed E-state index contributed by atoms with van der Waals surface area (Å²) in [6.45, 7) is 0. The fourth-order valence-electron chi connectivity index (χ4n) is 18.1. The summed E-state index contributed by atoms with van der Waals surface area (Å²) in [7, 11) is 0. The zero-order valence-electron chi connectivity index (χ0n) is 65.0. The van der Waals surface area contributed by atoms with Crippen molar-refractivity contribution in [2.24, 2.45) is 0 Å². The summed E-state index contributed by atoms with van der Waals surface area (Å²) in [6, 6.07) is 153. The molecule has 0 unspecified atom stereocenters. The molecule has 0 fully saturated rings. The Balaban J connectivity index is 0.000000140. The number of hydrogen-bond acceptors (Lipinski definition) is 5. The van der Waals surface area contributed by atoms with Crippen molar-refractivity contribution in [1.29, 1.82) is 0 Å². The van der Waals surface area contributed by atoms with Gasteiger partial charge in [0.2, 0.25) is 0 Å².